The molecule has 0 aliphatic heterocycles. The summed E-state index contributed by atoms with van der Waals surface area (Å²) in [5.74, 6) is -0.478. The predicted octanol–water partition coefficient (Wildman–Crippen LogP) is 18.4. The van der Waals surface area contributed by atoms with Gasteiger partial charge in [-0.1, -0.05) is 288 Å². The van der Waals surface area contributed by atoms with Crippen molar-refractivity contribution in [2.45, 2.75) is 334 Å². The van der Waals surface area contributed by atoms with Crippen LogP contribution in [0.25, 0.3) is 0 Å². The van der Waals surface area contributed by atoms with Crippen LogP contribution in [0.4, 0.5) is 0 Å². The number of unbranched alkanes of at least 4 members (excludes halogenated alkanes) is 38. The minimum Gasteiger partial charge on any atom is -0.462 e. The normalized spacial score (nSPS) is 13.3. The van der Waals surface area contributed by atoms with Crippen molar-refractivity contribution >= 4 is 11.9 Å². The highest BCUT2D eigenvalue weighted by atomic mass is 16.5. The lowest BCUT2D eigenvalue weighted by molar-refractivity contribution is -0.151. The fourth-order valence-corrected chi connectivity index (χ4v) is 9.26. The van der Waals surface area contributed by atoms with Gasteiger partial charge in [-0.05, 0) is 51.4 Å². The summed E-state index contributed by atoms with van der Waals surface area (Å²) < 4.78 is 5.96. The van der Waals surface area contributed by atoms with Gasteiger partial charge in [0.05, 0.1) is 25.2 Å². The summed E-state index contributed by atoms with van der Waals surface area (Å²) in [5.41, 5.74) is 0. The molecule has 0 saturated carbocycles. The van der Waals surface area contributed by atoms with Crippen molar-refractivity contribution in [3.8, 4) is 0 Å². The lowest BCUT2D eigenvalue weighted by atomic mass is 10.0. The number of aliphatic hydroxyl groups excluding tert-OH is 2. The van der Waals surface area contributed by atoms with E-state index >= 15 is 0 Å². The molecule has 0 bridgehead atoms. The van der Waals surface area contributed by atoms with Crippen molar-refractivity contribution in [2.75, 3.05) is 6.61 Å². The maximum Gasteiger partial charge on any atom is 0.306 e. The molecule has 67 heavy (non-hydrogen) atoms. The molecule has 0 aromatic carbocycles. The number of aliphatic hydroxyl groups is 2. The molecule has 3 N–H and O–H groups in total. The molecule has 3 unspecified atom stereocenters. The SMILES string of the molecule is CCCCCCC/C=C/C=C/C=C/CCCCCCCC(=O)OC(CCCCCCCCCCCCCCCCC)CC(=O)NC(CO)C(O)CCCCCCCCCCCCCCCCC. The molecule has 0 radical (unpaired) electrons. The van der Waals surface area contributed by atoms with Crippen molar-refractivity contribution < 1.29 is 24.5 Å². The number of ether oxygens (including phenoxy) is 1. The van der Waals surface area contributed by atoms with Crippen LogP contribution in [0.3, 0.4) is 0 Å². The Morgan fingerprint density at radius 3 is 1.13 bits per heavy atom. The van der Waals surface area contributed by atoms with Gasteiger partial charge < -0.3 is 20.3 Å². The van der Waals surface area contributed by atoms with E-state index in [0.717, 1.165) is 64.2 Å². The maximum absolute atomic E-state index is 13.3. The van der Waals surface area contributed by atoms with Gasteiger partial charge in [-0.15, -0.1) is 0 Å². The Morgan fingerprint density at radius 1 is 0.433 bits per heavy atom. The Bertz CT molecular complexity index is 1100. The number of hydrogen-bond donors (Lipinski definition) is 3. The lowest BCUT2D eigenvalue weighted by Crippen LogP contribution is -2.46. The predicted molar refractivity (Wildman–Crippen MR) is 292 cm³/mol. The third-order valence-electron chi connectivity index (χ3n) is 13.8. The quantitative estimate of drug-likeness (QED) is 0.0321. The second-order valence-electron chi connectivity index (χ2n) is 20.5. The standard InChI is InChI=1S/C61H115NO5/c1-4-7-10-13-16-19-22-25-28-29-30-33-36-39-42-45-48-51-54-61(66)67-57(52-49-46-43-40-37-34-31-26-23-20-17-14-11-8-5-2)55-60(65)62-58(56-63)59(64)53-50-47-44-41-38-35-32-27-24-21-18-15-12-9-6-3/h22,25,28-30,33,57-59,63-64H,4-21,23-24,26-27,31-32,34-56H2,1-3H3,(H,62,65)/b25-22+,29-28+,33-30+. The average molecular weight is 943 g/mol. The summed E-state index contributed by atoms with van der Waals surface area (Å²) in [6.07, 6.45) is 66.3. The monoisotopic (exact) mass is 942 g/mol. The van der Waals surface area contributed by atoms with Crippen LogP contribution in [-0.4, -0.2) is 46.9 Å². The number of nitrogens with one attached hydrogen (secondary N) is 1. The van der Waals surface area contributed by atoms with Crippen molar-refractivity contribution in [3.05, 3.63) is 36.5 Å². The molecule has 0 spiro atoms. The highest BCUT2D eigenvalue weighted by molar-refractivity contribution is 5.77. The summed E-state index contributed by atoms with van der Waals surface area (Å²) in [6.45, 7) is 6.51. The number of amides is 1. The van der Waals surface area contributed by atoms with E-state index < -0.39 is 18.2 Å². The third-order valence-corrected chi connectivity index (χ3v) is 13.8. The summed E-state index contributed by atoms with van der Waals surface area (Å²) in [4.78, 5) is 26.3. The van der Waals surface area contributed by atoms with E-state index in [4.69, 9.17) is 4.74 Å². The molecule has 6 nitrogen and oxygen atoms in total. The molecule has 0 aromatic rings. The van der Waals surface area contributed by atoms with Crippen LogP contribution >= 0.6 is 0 Å². The first-order chi connectivity index (χ1) is 33.0. The van der Waals surface area contributed by atoms with Gasteiger partial charge in [-0.3, -0.25) is 9.59 Å². The summed E-state index contributed by atoms with van der Waals surface area (Å²) in [6, 6.07) is -0.704. The van der Waals surface area contributed by atoms with Crippen LogP contribution in [0.1, 0.15) is 316 Å². The van der Waals surface area contributed by atoms with E-state index in [9.17, 15) is 19.8 Å². The zero-order chi connectivity index (χ0) is 48.8. The highest BCUT2D eigenvalue weighted by Gasteiger charge is 2.24. The summed E-state index contributed by atoms with van der Waals surface area (Å²) in [7, 11) is 0. The zero-order valence-electron chi connectivity index (χ0n) is 45.0. The summed E-state index contributed by atoms with van der Waals surface area (Å²) in [5, 5.41) is 23.9. The number of carbonyl (C=O) groups is 2. The first-order valence-corrected chi connectivity index (χ1v) is 29.7. The van der Waals surface area contributed by atoms with E-state index in [0.29, 0.717) is 19.3 Å². The lowest BCUT2D eigenvalue weighted by Gasteiger charge is -2.24. The van der Waals surface area contributed by atoms with E-state index in [2.05, 4.69) is 62.5 Å². The number of rotatable bonds is 54. The molecule has 0 saturated heterocycles. The molecule has 6 heteroatoms. The summed E-state index contributed by atoms with van der Waals surface area (Å²) >= 11 is 0. The van der Waals surface area contributed by atoms with Crippen LogP contribution in [0.5, 0.6) is 0 Å². The van der Waals surface area contributed by atoms with E-state index in [1.807, 2.05) is 0 Å². The van der Waals surface area contributed by atoms with Gasteiger partial charge in [0.15, 0.2) is 0 Å². The second-order valence-corrected chi connectivity index (χ2v) is 20.5. The fraction of sp³-hybridized carbons (Fsp3) is 0.869. The Morgan fingerprint density at radius 2 is 0.761 bits per heavy atom. The molecule has 0 fully saturated rings. The Balaban J connectivity index is 4.56. The minimum absolute atomic E-state index is 0.0740. The molecule has 0 aliphatic carbocycles. The Kier molecular flexibility index (Phi) is 53.4. The van der Waals surface area contributed by atoms with Crippen molar-refractivity contribution in [1.82, 2.24) is 5.32 Å². The molecule has 0 heterocycles. The van der Waals surface area contributed by atoms with Gasteiger partial charge in [-0.25, -0.2) is 0 Å². The van der Waals surface area contributed by atoms with E-state index in [1.165, 1.54) is 205 Å². The van der Waals surface area contributed by atoms with Gasteiger partial charge in [-0.2, -0.15) is 0 Å². The Labute approximate surface area is 417 Å². The van der Waals surface area contributed by atoms with Crippen LogP contribution in [0.15, 0.2) is 36.5 Å². The van der Waals surface area contributed by atoms with Gasteiger partial charge in [0.1, 0.15) is 6.10 Å². The molecule has 0 aliphatic rings. The van der Waals surface area contributed by atoms with Gasteiger partial charge >= 0.3 is 5.97 Å². The molecule has 0 rings (SSSR count). The smallest absolute Gasteiger partial charge is 0.306 e. The average Bonchev–Trinajstić information content (AvgIpc) is 3.32. The number of esters is 1. The van der Waals surface area contributed by atoms with Crippen LogP contribution < -0.4 is 5.32 Å². The maximum atomic E-state index is 13.3. The topological polar surface area (TPSA) is 95.9 Å². The molecular weight excluding hydrogens is 827 g/mol. The third kappa shape index (κ3) is 50.3. The minimum atomic E-state index is -0.790. The first kappa shape index (κ1) is 65.1. The van der Waals surface area contributed by atoms with Gasteiger partial charge in [0.2, 0.25) is 5.91 Å². The van der Waals surface area contributed by atoms with Crippen LogP contribution in [0, 0.1) is 0 Å². The number of allylic oxidation sites excluding steroid dienone is 6. The van der Waals surface area contributed by atoms with Gasteiger partial charge in [0, 0.05) is 6.42 Å². The van der Waals surface area contributed by atoms with Crippen molar-refractivity contribution in [2.24, 2.45) is 0 Å². The molecular formula is C61H115NO5. The van der Waals surface area contributed by atoms with Crippen LogP contribution in [-0.2, 0) is 14.3 Å². The van der Waals surface area contributed by atoms with Crippen LogP contribution in [0.2, 0.25) is 0 Å². The number of hydrogen-bond acceptors (Lipinski definition) is 5. The number of carbonyl (C=O) groups excluding carboxylic acids is 2. The Hall–Kier alpha value is -1.92. The van der Waals surface area contributed by atoms with Crippen molar-refractivity contribution in [1.29, 1.82) is 0 Å². The van der Waals surface area contributed by atoms with Crippen molar-refractivity contribution in [3.63, 3.8) is 0 Å². The van der Waals surface area contributed by atoms with E-state index in [1.54, 1.807) is 0 Å². The molecule has 0 aromatic heterocycles. The first-order valence-electron chi connectivity index (χ1n) is 29.7. The largest absolute Gasteiger partial charge is 0.462 e. The molecule has 3 atom stereocenters. The highest BCUT2D eigenvalue weighted by Crippen LogP contribution is 2.19. The molecule has 1 amide bonds. The van der Waals surface area contributed by atoms with Gasteiger partial charge in [0.25, 0.3) is 0 Å². The van der Waals surface area contributed by atoms with E-state index in [-0.39, 0.29) is 24.9 Å². The fourth-order valence-electron chi connectivity index (χ4n) is 9.26. The second kappa shape index (κ2) is 55.0. The molecule has 394 valence electrons. The zero-order valence-corrected chi connectivity index (χ0v) is 45.0.